The maximum Gasteiger partial charge on any atom is 0.123 e. The minimum atomic E-state index is -0.202. The van der Waals surface area contributed by atoms with Crippen molar-refractivity contribution in [3.63, 3.8) is 0 Å². The smallest absolute Gasteiger partial charge is 0.123 e. The summed E-state index contributed by atoms with van der Waals surface area (Å²) in [6.45, 7) is 0. The molecule has 86 valence electrons. The lowest BCUT2D eigenvalue weighted by Gasteiger charge is -2.11. The highest BCUT2D eigenvalue weighted by Crippen LogP contribution is 2.35. The number of benzene rings is 2. The van der Waals surface area contributed by atoms with Gasteiger partial charge in [-0.05, 0) is 47.9 Å². The van der Waals surface area contributed by atoms with Crippen LogP contribution in [0.25, 0.3) is 0 Å². The van der Waals surface area contributed by atoms with Crippen molar-refractivity contribution in [2.45, 2.75) is 12.5 Å². The predicted octanol–water partition coefficient (Wildman–Crippen LogP) is 4.19. The molecule has 17 heavy (non-hydrogen) atoms. The second-order valence-corrected chi connectivity index (χ2v) is 4.69. The average molecular weight is 248 g/mol. The number of fused-ring (bicyclic) bond motifs is 1. The second-order valence-electron chi connectivity index (χ2n) is 4.25. The molecule has 0 amide bonds. The molecule has 0 saturated heterocycles. The van der Waals surface area contributed by atoms with Crippen LogP contribution in [0, 0.1) is 5.82 Å². The van der Waals surface area contributed by atoms with Gasteiger partial charge in [-0.1, -0.05) is 23.7 Å². The molecular weight excluding hydrogens is 237 g/mol. The molecule has 0 bridgehead atoms. The molecule has 0 aliphatic carbocycles. The second kappa shape index (κ2) is 4.04. The molecule has 1 nitrogen and oxygen atoms in total. The summed E-state index contributed by atoms with van der Waals surface area (Å²) in [6.07, 6.45) is 0.890. The van der Waals surface area contributed by atoms with Gasteiger partial charge in [-0.25, -0.2) is 4.39 Å². The summed E-state index contributed by atoms with van der Waals surface area (Å²) >= 11 is 5.96. The van der Waals surface area contributed by atoms with Crippen molar-refractivity contribution < 1.29 is 4.39 Å². The number of rotatable bonds is 1. The van der Waals surface area contributed by atoms with Crippen LogP contribution >= 0.6 is 11.6 Å². The van der Waals surface area contributed by atoms with E-state index in [0.29, 0.717) is 0 Å². The van der Waals surface area contributed by atoms with E-state index in [-0.39, 0.29) is 11.9 Å². The molecule has 1 N–H and O–H groups in total. The molecule has 0 fully saturated rings. The molecule has 3 rings (SSSR count). The lowest BCUT2D eigenvalue weighted by molar-refractivity contribution is 0.626. The highest BCUT2D eigenvalue weighted by atomic mass is 35.5. The Labute approximate surface area is 104 Å². The van der Waals surface area contributed by atoms with E-state index >= 15 is 0 Å². The van der Waals surface area contributed by atoms with E-state index in [2.05, 4.69) is 5.32 Å². The summed E-state index contributed by atoms with van der Waals surface area (Å²) in [7, 11) is 0. The van der Waals surface area contributed by atoms with Crippen LogP contribution in [0.4, 0.5) is 10.1 Å². The van der Waals surface area contributed by atoms with Crippen molar-refractivity contribution in [1.82, 2.24) is 0 Å². The number of hydrogen-bond donors (Lipinski definition) is 1. The molecule has 3 heteroatoms. The monoisotopic (exact) mass is 247 g/mol. The quantitative estimate of drug-likeness (QED) is 0.797. The first-order valence-electron chi connectivity index (χ1n) is 5.53. The lowest BCUT2D eigenvalue weighted by Crippen LogP contribution is -2.05. The minimum absolute atomic E-state index is 0.202. The van der Waals surface area contributed by atoms with Gasteiger partial charge in [0.25, 0.3) is 0 Å². The molecule has 0 saturated carbocycles. The standard InChI is InChI=1S/C14H11ClFN/c15-11-3-6-13-10(7-11)8-14(17-13)9-1-4-12(16)5-2-9/h1-7,14,17H,8H2. The third kappa shape index (κ3) is 2.01. The van der Waals surface area contributed by atoms with Crippen LogP contribution in [-0.4, -0.2) is 0 Å². The van der Waals surface area contributed by atoms with Gasteiger partial charge in [0.1, 0.15) is 5.82 Å². The molecular formula is C14H11ClFN. The van der Waals surface area contributed by atoms with Gasteiger partial charge in [-0.3, -0.25) is 0 Å². The Bertz CT molecular complexity index is 551. The van der Waals surface area contributed by atoms with Crippen molar-refractivity contribution in [3.8, 4) is 0 Å². The zero-order valence-electron chi connectivity index (χ0n) is 9.08. The lowest BCUT2D eigenvalue weighted by atomic mass is 10.0. The summed E-state index contributed by atoms with van der Waals surface area (Å²) in [5, 5.41) is 4.17. The number of halogens is 2. The summed E-state index contributed by atoms with van der Waals surface area (Å²) < 4.78 is 12.9. The summed E-state index contributed by atoms with van der Waals surface area (Å²) in [6, 6.07) is 12.7. The maximum atomic E-state index is 12.9. The van der Waals surface area contributed by atoms with Crippen LogP contribution < -0.4 is 5.32 Å². The van der Waals surface area contributed by atoms with Gasteiger partial charge in [0, 0.05) is 10.7 Å². The van der Waals surface area contributed by atoms with Crippen LogP contribution in [0.1, 0.15) is 17.2 Å². The largest absolute Gasteiger partial charge is 0.378 e. The van der Waals surface area contributed by atoms with Gasteiger partial charge in [0.15, 0.2) is 0 Å². The van der Waals surface area contributed by atoms with Gasteiger partial charge in [0.2, 0.25) is 0 Å². The van der Waals surface area contributed by atoms with Crippen molar-refractivity contribution in [3.05, 3.63) is 64.4 Å². The Morgan fingerprint density at radius 2 is 1.88 bits per heavy atom. The Balaban J connectivity index is 1.88. The van der Waals surface area contributed by atoms with Crippen LogP contribution in [0.15, 0.2) is 42.5 Å². The minimum Gasteiger partial charge on any atom is -0.378 e. The first-order valence-corrected chi connectivity index (χ1v) is 5.90. The van der Waals surface area contributed by atoms with Gasteiger partial charge < -0.3 is 5.32 Å². The third-order valence-corrected chi connectivity index (χ3v) is 3.33. The Morgan fingerprint density at radius 3 is 2.65 bits per heavy atom. The van der Waals surface area contributed by atoms with Gasteiger partial charge in [-0.2, -0.15) is 0 Å². The fourth-order valence-corrected chi connectivity index (χ4v) is 2.42. The van der Waals surface area contributed by atoms with Gasteiger partial charge >= 0.3 is 0 Å². The zero-order valence-corrected chi connectivity index (χ0v) is 9.84. The Hall–Kier alpha value is -1.54. The van der Waals surface area contributed by atoms with Crippen LogP contribution in [0.2, 0.25) is 5.02 Å². The molecule has 0 aromatic heterocycles. The zero-order chi connectivity index (χ0) is 11.8. The average Bonchev–Trinajstić information content (AvgIpc) is 2.72. The number of hydrogen-bond acceptors (Lipinski definition) is 1. The van der Waals surface area contributed by atoms with E-state index in [1.807, 2.05) is 30.3 Å². The Kier molecular flexibility index (Phi) is 2.52. The topological polar surface area (TPSA) is 12.0 Å². The van der Waals surface area contributed by atoms with Crippen molar-refractivity contribution in [2.24, 2.45) is 0 Å². The molecule has 1 aliphatic rings. The van der Waals surface area contributed by atoms with Crippen LogP contribution in [0.5, 0.6) is 0 Å². The maximum absolute atomic E-state index is 12.9. The summed E-state index contributed by atoms with van der Waals surface area (Å²) in [5.41, 5.74) is 3.43. The van der Waals surface area contributed by atoms with E-state index in [0.717, 1.165) is 22.7 Å². The molecule has 1 aliphatic heterocycles. The molecule has 1 atom stereocenters. The van der Waals surface area contributed by atoms with Crippen molar-refractivity contribution >= 4 is 17.3 Å². The SMILES string of the molecule is Fc1ccc(C2Cc3cc(Cl)ccc3N2)cc1. The molecule has 1 heterocycles. The molecule has 1 unspecified atom stereocenters. The van der Waals surface area contributed by atoms with Gasteiger partial charge in [-0.15, -0.1) is 0 Å². The van der Waals surface area contributed by atoms with E-state index in [4.69, 9.17) is 11.6 Å². The van der Waals surface area contributed by atoms with E-state index in [9.17, 15) is 4.39 Å². The van der Waals surface area contributed by atoms with Crippen LogP contribution in [-0.2, 0) is 6.42 Å². The number of nitrogens with one attached hydrogen (secondary N) is 1. The van der Waals surface area contributed by atoms with Crippen molar-refractivity contribution in [2.75, 3.05) is 5.32 Å². The van der Waals surface area contributed by atoms with E-state index in [1.54, 1.807) is 0 Å². The summed E-state index contributed by atoms with van der Waals surface area (Å²) in [4.78, 5) is 0. The molecule has 0 spiro atoms. The molecule has 2 aromatic rings. The highest BCUT2D eigenvalue weighted by molar-refractivity contribution is 6.30. The molecule has 0 radical (unpaired) electrons. The van der Waals surface area contributed by atoms with Crippen molar-refractivity contribution in [1.29, 1.82) is 0 Å². The summed E-state index contributed by atoms with van der Waals surface area (Å²) in [5.74, 6) is -0.202. The predicted molar refractivity (Wildman–Crippen MR) is 67.9 cm³/mol. The normalized spacial score (nSPS) is 17.6. The first-order chi connectivity index (χ1) is 8.22. The Morgan fingerprint density at radius 1 is 1.12 bits per heavy atom. The fraction of sp³-hybridized carbons (Fsp3) is 0.143. The fourth-order valence-electron chi connectivity index (χ4n) is 2.23. The third-order valence-electron chi connectivity index (χ3n) is 3.09. The van der Waals surface area contributed by atoms with Gasteiger partial charge in [0.05, 0.1) is 6.04 Å². The van der Waals surface area contributed by atoms with Crippen LogP contribution in [0.3, 0.4) is 0 Å². The van der Waals surface area contributed by atoms with E-state index < -0.39 is 0 Å². The number of anilines is 1. The van der Waals surface area contributed by atoms with E-state index in [1.165, 1.54) is 17.7 Å². The highest BCUT2D eigenvalue weighted by Gasteiger charge is 2.21. The molecule has 2 aromatic carbocycles. The first kappa shape index (κ1) is 10.6.